The number of rotatable bonds is 5. The third-order valence-corrected chi connectivity index (χ3v) is 16.6. The van der Waals surface area contributed by atoms with Gasteiger partial charge in [-0.1, -0.05) is 78.8 Å². The fraction of sp³-hybridized carbons (Fsp3) is 0.689. The second-order valence-electron chi connectivity index (χ2n) is 19.4. The Morgan fingerprint density at radius 3 is 2.37 bits per heavy atom. The number of H-pyrrole nitrogens is 1. The van der Waals surface area contributed by atoms with Gasteiger partial charge in [-0.25, -0.2) is 4.98 Å². The maximum absolute atomic E-state index is 15.4. The summed E-state index contributed by atoms with van der Waals surface area (Å²) in [6.07, 6.45) is 12.1. The lowest BCUT2D eigenvalue weighted by Gasteiger charge is -2.72. The number of ketones is 1. The van der Waals surface area contributed by atoms with E-state index in [2.05, 4.69) is 70.5 Å². The van der Waals surface area contributed by atoms with Gasteiger partial charge in [-0.15, -0.1) is 0 Å². The molecule has 1 N–H and O–H groups in total. The van der Waals surface area contributed by atoms with Crippen molar-refractivity contribution < 1.29 is 19.1 Å². The van der Waals surface area contributed by atoms with Gasteiger partial charge in [0.2, 0.25) is 5.91 Å². The molecule has 1 aromatic carbocycles. The number of hydrogen-bond donors (Lipinski definition) is 1. The first-order valence-corrected chi connectivity index (χ1v) is 20.4. The van der Waals surface area contributed by atoms with Crippen LogP contribution in [0, 0.1) is 50.7 Å². The first kappa shape index (κ1) is 35.8. The number of nitrogens with one attached hydrogen (secondary N) is 1. The molecule has 9 atom stereocenters. The second-order valence-corrected chi connectivity index (χ2v) is 19.4. The smallest absolute Gasteiger partial charge is 0.302 e. The fourth-order valence-corrected chi connectivity index (χ4v) is 14.1. The van der Waals surface area contributed by atoms with Gasteiger partial charge in [0.25, 0.3) is 0 Å². The number of Topliss-reactive ketones (excluding diaryl/α,β-unsaturated/α-hetero) is 1. The molecule has 280 valence electrons. The van der Waals surface area contributed by atoms with Gasteiger partial charge in [0, 0.05) is 25.3 Å². The summed E-state index contributed by atoms with van der Waals surface area (Å²) in [6.45, 7) is 19.0. The molecule has 1 aliphatic heterocycles. The molecule has 1 amide bonds. The van der Waals surface area contributed by atoms with Gasteiger partial charge in [0.15, 0.2) is 5.78 Å². The van der Waals surface area contributed by atoms with E-state index >= 15 is 4.79 Å². The number of carbonyl (C=O) groups excluding carboxylic acids is 3. The third kappa shape index (κ3) is 4.88. The molecule has 8 rings (SSSR count). The Hall–Kier alpha value is -3.22. The molecule has 0 unspecified atom stereocenters. The molecule has 6 aliphatic rings. The van der Waals surface area contributed by atoms with Crippen LogP contribution in [0.3, 0.4) is 0 Å². The molecule has 52 heavy (non-hydrogen) atoms. The monoisotopic (exact) mass is 707 g/mol. The van der Waals surface area contributed by atoms with Crippen molar-refractivity contribution in [1.82, 2.24) is 14.9 Å². The van der Waals surface area contributed by atoms with Crippen LogP contribution in [0.4, 0.5) is 0 Å². The third-order valence-electron chi connectivity index (χ3n) is 16.6. The summed E-state index contributed by atoms with van der Waals surface area (Å²) in [5, 5.41) is 0. The van der Waals surface area contributed by atoms with Gasteiger partial charge in [0.1, 0.15) is 11.9 Å². The molecule has 0 radical (unpaired) electrons. The summed E-state index contributed by atoms with van der Waals surface area (Å²) in [6, 6.07) is 10.1. The van der Waals surface area contributed by atoms with Crippen LogP contribution in [-0.2, 0) is 19.1 Å². The first-order chi connectivity index (χ1) is 24.6. The summed E-state index contributed by atoms with van der Waals surface area (Å²) in [5.41, 5.74) is 3.63. The molecule has 1 aromatic heterocycles. The molecule has 2 heterocycles. The predicted molar refractivity (Wildman–Crippen MR) is 203 cm³/mol. The van der Waals surface area contributed by atoms with Crippen LogP contribution in [-0.4, -0.2) is 45.2 Å². The van der Waals surface area contributed by atoms with Crippen molar-refractivity contribution in [2.24, 2.45) is 50.7 Å². The zero-order valence-electron chi connectivity index (χ0n) is 32.9. The van der Waals surface area contributed by atoms with Crippen LogP contribution in [0.1, 0.15) is 138 Å². The van der Waals surface area contributed by atoms with Crippen LogP contribution < -0.4 is 0 Å². The average molecular weight is 708 g/mol. The lowest BCUT2D eigenvalue weighted by atomic mass is 9.33. The number of aromatic nitrogens is 2. The molecule has 0 spiro atoms. The van der Waals surface area contributed by atoms with Crippen LogP contribution in [0.25, 0.3) is 11.3 Å². The van der Waals surface area contributed by atoms with E-state index in [0.717, 1.165) is 86.9 Å². The highest BCUT2D eigenvalue weighted by Crippen LogP contribution is 2.77. The molecule has 4 saturated carbocycles. The van der Waals surface area contributed by atoms with E-state index in [1.165, 1.54) is 5.57 Å². The molecule has 2 aromatic rings. The summed E-state index contributed by atoms with van der Waals surface area (Å²) >= 11 is 0. The Balaban J connectivity index is 1.14. The van der Waals surface area contributed by atoms with Crippen LogP contribution in [0.2, 0.25) is 0 Å². The minimum Gasteiger partial charge on any atom is -0.462 e. The van der Waals surface area contributed by atoms with Gasteiger partial charge >= 0.3 is 5.97 Å². The highest BCUT2D eigenvalue weighted by molar-refractivity contribution is 6.07. The van der Waals surface area contributed by atoms with Crippen molar-refractivity contribution in [2.75, 3.05) is 6.54 Å². The lowest BCUT2D eigenvalue weighted by Crippen LogP contribution is -2.66. The Labute approximate surface area is 311 Å². The van der Waals surface area contributed by atoms with Crippen molar-refractivity contribution in [2.45, 2.75) is 138 Å². The molecule has 7 nitrogen and oxygen atoms in total. The summed E-state index contributed by atoms with van der Waals surface area (Å²) in [4.78, 5) is 52.3. The molecular formula is C45H61N3O4. The van der Waals surface area contributed by atoms with Crippen molar-refractivity contribution >= 4 is 17.7 Å². The number of imidazole rings is 1. The number of esters is 1. The fourth-order valence-electron chi connectivity index (χ4n) is 14.1. The Kier molecular flexibility index (Phi) is 8.36. The van der Waals surface area contributed by atoms with Gasteiger partial charge in [-0.3, -0.25) is 14.4 Å². The Bertz CT molecular complexity index is 1810. The van der Waals surface area contributed by atoms with E-state index in [1.807, 2.05) is 24.4 Å². The van der Waals surface area contributed by atoms with Gasteiger partial charge in [0.05, 0.1) is 23.3 Å². The molecule has 7 heteroatoms. The zero-order chi connectivity index (χ0) is 37.0. The summed E-state index contributed by atoms with van der Waals surface area (Å²) < 4.78 is 5.97. The predicted octanol–water partition coefficient (Wildman–Crippen LogP) is 9.65. The molecule has 5 fully saturated rings. The zero-order valence-corrected chi connectivity index (χ0v) is 32.9. The van der Waals surface area contributed by atoms with Crippen molar-refractivity contribution in [1.29, 1.82) is 0 Å². The maximum Gasteiger partial charge on any atom is 0.302 e. The quantitative estimate of drug-likeness (QED) is 0.313. The molecule has 1 saturated heterocycles. The number of ether oxygens (including phenoxy) is 1. The van der Waals surface area contributed by atoms with Gasteiger partial charge in [-0.2, -0.15) is 0 Å². The number of hydrogen-bond acceptors (Lipinski definition) is 5. The molecule has 5 aliphatic carbocycles. The Morgan fingerprint density at radius 2 is 1.65 bits per heavy atom. The van der Waals surface area contributed by atoms with Crippen LogP contribution in [0.5, 0.6) is 0 Å². The number of aromatic amines is 1. The van der Waals surface area contributed by atoms with Crippen molar-refractivity contribution in [3.8, 4) is 11.3 Å². The van der Waals surface area contributed by atoms with Gasteiger partial charge in [-0.05, 0) is 121 Å². The van der Waals surface area contributed by atoms with Crippen LogP contribution >= 0.6 is 0 Å². The first-order valence-electron chi connectivity index (χ1n) is 20.4. The summed E-state index contributed by atoms with van der Waals surface area (Å²) in [5.74, 6) is 2.39. The molecule has 0 bridgehead atoms. The van der Waals surface area contributed by atoms with Crippen molar-refractivity contribution in [3.63, 3.8) is 0 Å². The van der Waals surface area contributed by atoms with E-state index in [-0.39, 0.29) is 63.3 Å². The SMILES string of the molecule is CC(=O)O[C@H]1CC[C@]2(C)[C@H]3CC[C@@H]4C5=C(C(C)C)C(=O)C[C@]5(C(=O)N5CCC[C@H]5c5ncc(-c6ccccc6)[nH]5)CC[C@@]4(C)[C@]3(C)CC[C@H]2C1(C)C. The number of allylic oxidation sites excluding steroid dienone is 1. The number of nitrogens with zero attached hydrogens (tertiary/aromatic N) is 2. The minimum absolute atomic E-state index is 0.0132. The van der Waals surface area contributed by atoms with E-state index < -0.39 is 5.41 Å². The minimum atomic E-state index is -0.757. The number of carbonyl (C=O) groups is 3. The van der Waals surface area contributed by atoms with E-state index in [1.54, 1.807) is 6.92 Å². The topological polar surface area (TPSA) is 92.4 Å². The Morgan fingerprint density at radius 1 is 0.904 bits per heavy atom. The van der Waals surface area contributed by atoms with E-state index in [0.29, 0.717) is 24.8 Å². The number of amides is 1. The number of likely N-dealkylation sites (tertiary alicyclic amines) is 1. The van der Waals surface area contributed by atoms with Gasteiger partial charge < -0.3 is 14.6 Å². The highest BCUT2D eigenvalue weighted by Gasteiger charge is 2.71. The van der Waals surface area contributed by atoms with E-state index in [4.69, 9.17) is 9.72 Å². The molecular weight excluding hydrogens is 647 g/mol. The van der Waals surface area contributed by atoms with E-state index in [9.17, 15) is 9.59 Å². The highest BCUT2D eigenvalue weighted by atomic mass is 16.5. The average Bonchev–Trinajstić information content (AvgIpc) is 3.84. The normalized spacial score (nSPS) is 39.5. The van der Waals surface area contributed by atoms with Crippen LogP contribution in [0.15, 0.2) is 47.7 Å². The largest absolute Gasteiger partial charge is 0.462 e. The summed E-state index contributed by atoms with van der Waals surface area (Å²) in [7, 11) is 0. The standard InChI is InChI=1S/C45H61N3O4/c1-27(2)37-33(50)25-45(40(51)48-24-12-15-32(48)39-46-26-31(47-39)29-13-10-9-11-14-29)23-22-43(7)30(38(37)45)16-17-35-42(6)20-19-36(52-28(3)49)41(4,5)34(42)18-21-44(35,43)8/h9-11,13-14,26-27,30,32,34-36H,12,15-25H2,1-8H3,(H,46,47)/t30-,32+,34+,35-,36+,42+,43-,44-,45-/m1/s1. The second kappa shape index (κ2) is 12.1. The number of benzene rings is 1. The van der Waals surface area contributed by atoms with Crippen molar-refractivity contribution in [3.05, 3.63) is 53.5 Å². The number of fused-ring (bicyclic) bond motifs is 7. The maximum atomic E-state index is 15.4. The lowest BCUT2D eigenvalue weighted by molar-refractivity contribution is -0.232.